The van der Waals surface area contributed by atoms with Gasteiger partial charge >= 0.3 is 0 Å². The summed E-state index contributed by atoms with van der Waals surface area (Å²) in [6, 6.07) is 10.9. The first-order valence-electron chi connectivity index (χ1n) is 7.38. The van der Waals surface area contributed by atoms with Crippen LogP contribution >= 0.6 is 0 Å². The number of methoxy groups -OCH3 is 2. The number of sulfonamides is 1. The lowest BCUT2D eigenvalue weighted by Gasteiger charge is -2.20. The second-order valence-electron chi connectivity index (χ2n) is 5.22. The van der Waals surface area contributed by atoms with Crippen molar-refractivity contribution >= 4 is 27.3 Å². The van der Waals surface area contributed by atoms with Crippen LogP contribution in [0.1, 0.15) is 6.92 Å². The molecule has 0 heterocycles. The maximum absolute atomic E-state index is 12.8. The van der Waals surface area contributed by atoms with E-state index in [0.717, 1.165) is 4.31 Å². The van der Waals surface area contributed by atoms with Gasteiger partial charge in [0.2, 0.25) is 5.91 Å². The zero-order chi connectivity index (χ0) is 18.6. The molecule has 0 aliphatic heterocycles. The van der Waals surface area contributed by atoms with Gasteiger partial charge in [-0.2, -0.15) is 0 Å². The molecule has 0 spiro atoms. The second kappa shape index (κ2) is 7.43. The molecule has 1 amide bonds. The maximum atomic E-state index is 12.8. The zero-order valence-corrected chi connectivity index (χ0v) is 15.3. The Hall–Kier alpha value is -2.74. The number of rotatable bonds is 6. The molecule has 1 N–H and O–H groups in total. The highest BCUT2D eigenvalue weighted by molar-refractivity contribution is 7.92. The summed E-state index contributed by atoms with van der Waals surface area (Å²) in [5, 5.41) is 2.63. The van der Waals surface area contributed by atoms with Crippen molar-refractivity contribution in [3.8, 4) is 11.5 Å². The largest absolute Gasteiger partial charge is 0.493 e. The van der Waals surface area contributed by atoms with Gasteiger partial charge in [-0.05, 0) is 36.4 Å². The number of carbonyl (C=O) groups excluding carboxylic acids is 1. The van der Waals surface area contributed by atoms with Crippen molar-refractivity contribution in [3.05, 3.63) is 42.5 Å². The molecule has 2 aromatic carbocycles. The Bertz CT molecular complexity index is 863. The van der Waals surface area contributed by atoms with Crippen LogP contribution in [0, 0.1) is 0 Å². The molecule has 25 heavy (non-hydrogen) atoms. The van der Waals surface area contributed by atoms with Gasteiger partial charge in [0.05, 0.1) is 24.8 Å². The van der Waals surface area contributed by atoms with Crippen LogP contribution in [-0.2, 0) is 14.8 Å². The maximum Gasteiger partial charge on any atom is 0.264 e. The number of hydrogen-bond donors (Lipinski definition) is 1. The molecule has 0 aromatic heterocycles. The topological polar surface area (TPSA) is 84.9 Å². The molecule has 0 fully saturated rings. The molecule has 8 heteroatoms. The second-order valence-corrected chi connectivity index (χ2v) is 7.19. The van der Waals surface area contributed by atoms with E-state index in [0.29, 0.717) is 22.9 Å². The summed E-state index contributed by atoms with van der Waals surface area (Å²) < 4.78 is 37.1. The van der Waals surface area contributed by atoms with E-state index in [2.05, 4.69) is 5.32 Å². The lowest BCUT2D eigenvalue weighted by Crippen LogP contribution is -2.26. The Morgan fingerprint density at radius 2 is 1.60 bits per heavy atom. The molecule has 0 radical (unpaired) electrons. The van der Waals surface area contributed by atoms with Crippen molar-refractivity contribution in [1.29, 1.82) is 0 Å². The average molecular weight is 364 g/mol. The molecule has 0 aliphatic carbocycles. The van der Waals surface area contributed by atoms with Gasteiger partial charge in [-0.3, -0.25) is 9.10 Å². The minimum Gasteiger partial charge on any atom is -0.493 e. The third-order valence-corrected chi connectivity index (χ3v) is 5.35. The van der Waals surface area contributed by atoms with E-state index in [1.54, 1.807) is 30.3 Å². The fraction of sp³-hybridized carbons (Fsp3) is 0.235. The minimum absolute atomic E-state index is 0.0820. The first kappa shape index (κ1) is 18.6. The summed E-state index contributed by atoms with van der Waals surface area (Å²) in [6.07, 6.45) is 0. The lowest BCUT2D eigenvalue weighted by molar-refractivity contribution is -0.114. The summed E-state index contributed by atoms with van der Waals surface area (Å²) >= 11 is 0. The normalized spacial score (nSPS) is 10.9. The number of nitrogens with one attached hydrogen (secondary N) is 1. The summed E-state index contributed by atoms with van der Waals surface area (Å²) in [4.78, 5) is 11.1. The van der Waals surface area contributed by atoms with E-state index in [1.165, 1.54) is 40.3 Å². The molecule has 0 aliphatic rings. The molecular weight excluding hydrogens is 344 g/mol. The number of amides is 1. The van der Waals surface area contributed by atoms with E-state index in [9.17, 15) is 13.2 Å². The number of ether oxygens (including phenoxy) is 2. The molecule has 0 unspecified atom stereocenters. The first-order valence-corrected chi connectivity index (χ1v) is 8.82. The predicted octanol–water partition coefficient (Wildman–Crippen LogP) is 2.49. The van der Waals surface area contributed by atoms with Gasteiger partial charge in [0.1, 0.15) is 0 Å². The zero-order valence-electron chi connectivity index (χ0n) is 14.4. The molecule has 7 nitrogen and oxygen atoms in total. The quantitative estimate of drug-likeness (QED) is 0.851. The fourth-order valence-corrected chi connectivity index (χ4v) is 3.44. The Morgan fingerprint density at radius 1 is 1.00 bits per heavy atom. The van der Waals surface area contributed by atoms with Crippen LogP contribution in [0.15, 0.2) is 47.4 Å². The van der Waals surface area contributed by atoms with Crippen LogP contribution in [0.5, 0.6) is 11.5 Å². The van der Waals surface area contributed by atoms with Gasteiger partial charge < -0.3 is 14.8 Å². The molecular formula is C17H20N2O5S. The summed E-state index contributed by atoms with van der Waals surface area (Å²) in [5.74, 6) is 0.584. The van der Waals surface area contributed by atoms with Crippen LogP contribution in [0.3, 0.4) is 0 Å². The highest BCUT2D eigenvalue weighted by Gasteiger charge is 2.23. The fourth-order valence-electron chi connectivity index (χ4n) is 2.23. The number of nitrogens with zero attached hydrogens (tertiary/aromatic N) is 1. The van der Waals surface area contributed by atoms with Crippen LogP contribution in [0.25, 0.3) is 0 Å². The van der Waals surface area contributed by atoms with E-state index in [4.69, 9.17) is 9.47 Å². The molecule has 2 aromatic rings. The highest BCUT2D eigenvalue weighted by atomic mass is 32.2. The van der Waals surface area contributed by atoms with E-state index in [1.807, 2.05) is 0 Å². The Labute approximate surface area is 147 Å². The number of benzene rings is 2. The van der Waals surface area contributed by atoms with Crippen LogP contribution < -0.4 is 19.1 Å². The predicted molar refractivity (Wildman–Crippen MR) is 95.9 cm³/mol. The van der Waals surface area contributed by atoms with Crippen LogP contribution in [0.4, 0.5) is 11.4 Å². The van der Waals surface area contributed by atoms with Crippen LogP contribution in [-0.4, -0.2) is 35.6 Å². The van der Waals surface area contributed by atoms with Gasteiger partial charge in [-0.1, -0.05) is 0 Å². The monoisotopic (exact) mass is 364 g/mol. The smallest absolute Gasteiger partial charge is 0.264 e. The van der Waals surface area contributed by atoms with Gasteiger partial charge in [0.15, 0.2) is 11.5 Å². The SMILES string of the molecule is COc1ccc(S(=O)(=O)N(C)c2ccc(NC(C)=O)cc2)cc1OC. The van der Waals surface area contributed by atoms with E-state index >= 15 is 0 Å². The van der Waals surface area contributed by atoms with Gasteiger partial charge in [-0.25, -0.2) is 8.42 Å². The molecule has 0 saturated carbocycles. The standard InChI is InChI=1S/C17H20N2O5S/c1-12(20)18-13-5-7-14(8-6-13)19(2)25(21,22)15-9-10-16(23-3)17(11-15)24-4/h5-11H,1-4H3,(H,18,20). The third-order valence-electron chi connectivity index (χ3n) is 3.56. The van der Waals surface area contributed by atoms with Gasteiger partial charge in [0.25, 0.3) is 10.0 Å². The molecule has 134 valence electrons. The number of anilines is 2. The number of hydrogen-bond acceptors (Lipinski definition) is 5. The van der Waals surface area contributed by atoms with Crippen molar-refractivity contribution in [3.63, 3.8) is 0 Å². The Morgan fingerprint density at radius 3 is 2.12 bits per heavy atom. The van der Waals surface area contributed by atoms with Crippen molar-refractivity contribution < 1.29 is 22.7 Å². The van der Waals surface area contributed by atoms with Crippen molar-refractivity contribution in [2.45, 2.75) is 11.8 Å². The molecule has 2 rings (SSSR count). The molecule has 0 saturated heterocycles. The minimum atomic E-state index is -3.78. The Balaban J connectivity index is 2.34. The van der Waals surface area contributed by atoms with Crippen molar-refractivity contribution in [2.24, 2.45) is 0 Å². The van der Waals surface area contributed by atoms with Gasteiger partial charge in [0, 0.05) is 25.7 Å². The summed E-state index contributed by atoms with van der Waals surface area (Å²) in [6.45, 7) is 1.40. The summed E-state index contributed by atoms with van der Waals surface area (Å²) in [7, 11) is 0.607. The van der Waals surface area contributed by atoms with Crippen molar-refractivity contribution in [2.75, 3.05) is 30.9 Å². The first-order chi connectivity index (χ1) is 11.8. The third kappa shape index (κ3) is 4.03. The van der Waals surface area contributed by atoms with E-state index in [-0.39, 0.29) is 10.8 Å². The van der Waals surface area contributed by atoms with E-state index < -0.39 is 10.0 Å². The van der Waals surface area contributed by atoms with Crippen molar-refractivity contribution in [1.82, 2.24) is 0 Å². The lowest BCUT2D eigenvalue weighted by atomic mass is 10.3. The average Bonchev–Trinajstić information content (AvgIpc) is 2.60. The summed E-state index contributed by atoms with van der Waals surface area (Å²) in [5.41, 5.74) is 1.05. The molecule has 0 atom stereocenters. The van der Waals surface area contributed by atoms with Gasteiger partial charge in [-0.15, -0.1) is 0 Å². The molecule has 0 bridgehead atoms. The Kier molecular flexibility index (Phi) is 5.53. The van der Waals surface area contributed by atoms with Crippen LogP contribution in [0.2, 0.25) is 0 Å². The number of carbonyl (C=O) groups is 1. The highest BCUT2D eigenvalue weighted by Crippen LogP contribution is 2.31.